The van der Waals surface area contributed by atoms with Gasteiger partial charge in [-0.05, 0) is 30.3 Å². The van der Waals surface area contributed by atoms with E-state index < -0.39 is 0 Å². The van der Waals surface area contributed by atoms with Gasteiger partial charge < -0.3 is 5.32 Å². The van der Waals surface area contributed by atoms with Crippen molar-refractivity contribution in [3.8, 4) is 0 Å². The van der Waals surface area contributed by atoms with E-state index in [1.54, 1.807) is 0 Å². The molecule has 1 N–H and O–H groups in total. The molecule has 1 aromatic carbocycles. The minimum Gasteiger partial charge on any atom is -0.312 e. The molecule has 1 fully saturated rings. The van der Waals surface area contributed by atoms with Gasteiger partial charge in [0.15, 0.2) is 0 Å². The summed E-state index contributed by atoms with van der Waals surface area (Å²) in [7, 11) is 0. The van der Waals surface area contributed by atoms with Gasteiger partial charge in [0.05, 0.1) is 0 Å². The number of nitrogens with one attached hydrogen (secondary N) is 1. The van der Waals surface area contributed by atoms with Crippen LogP contribution < -0.4 is 5.32 Å². The van der Waals surface area contributed by atoms with Crippen molar-refractivity contribution in [1.29, 1.82) is 0 Å². The van der Waals surface area contributed by atoms with Crippen LogP contribution in [0.1, 0.15) is 24.3 Å². The molecule has 0 spiro atoms. The van der Waals surface area contributed by atoms with Gasteiger partial charge in [0.1, 0.15) is 0 Å². The number of fused-ring (bicyclic) bond motifs is 1. The van der Waals surface area contributed by atoms with Gasteiger partial charge in [-0.2, -0.15) is 0 Å². The normalized spacial score (nSPS) is 21.1. The van der Waals surface area contributed by atoms with Crippen molar-refractivity contribution in [3.05, 3.63) is 48.8 Å². The number of hydrogen-bond donors (Lipinski definition) is 1. The first kappa shape index (κ1) is 9.79. The lowest BCUT2D eigenvalue weighted by atomic mass is 9.90. The van der Waals surface area contributed by atoms with Crippen molar-refractivity contribution in [2.75, 3.05) is 6.54 Å². The van der Waals surface area contributed by atoms with Crippen molar-refractivity contribution in [2.45, 2.75) is 18.8 Å². The number of pyridine rings is 1. The molecular formula is C14H15N2. The van der Waals surface area contributed by atoms with Gasteiger partial charge >= 0.3 is 0 Å². The van der Waals surface area contributed by atoms with Crippen LogP contribution in [-0.2, 0) is 0 Å². The second-order valence-corrected chi connectivity index (χ2v) is 4.32. The highest BCUT2D eigenvalue weighted by Gasteiger charge is 2.17. The van der Waals surface area contributed by atoms with E-state index in [-0.39, 0.29) is 0 Å². The number of rotatable bonds is 1. The van der Waals surface area contributed by atoms with E-state index in [1.807, 2.05) is 12.4 Å². The van der Waals surface area contributed by atoms with Crippen LogP contribution in [0.3, 0.4) is 0 Å². The van der Waals surface area contributed by atoms with E-state index in [2.05, 4.69) is 41.1 Å². The zero-order chi connectivity index (χ0) is 10.8. The lowest BCUT2D eigenvalue weighted by Gasteiger charge is -2.23. The van der Waals surface area contributed by atoms with E-state index in [9.17, 15) is 0 Å². The number of piperidine rings is 1. The summed E-state index contributed by atoms with van der Waals surface area (Å²) in [6, 6.07) is 8.48. The second kappa shape index (κ2) is 4.22. The summed E-state index contributed by atoms with van der Waals surface area (Å²) in [5.74, 6) is 0.507. The van der Waals surface area contributed by atoms with Crippen LogP contribution in [-0.4, -0.2) is 11.5 Å². The topological polar surface area (TPSA) is 24.9 Å². The Hall–Kier alpha value is -1.41. The monoisotopic (exact) mass is 211 g/mol. The fourth-order valence-corrected chi connectivity index (χ4v) is 2.41. The highest BCUT2D eigenvalue weighted by Crippen LogP contribution is 2.30. The second-order valence-electron chi connectivity index (χ2n) is 4.32. The molecule has 2 nitrogen and oxygen atoms in total. The number of nitrogens with zero attached hydrogens (tertiary/aromatic N) is 1. The molecule has 3 rings (SSSR count). The molecule has 1 unspecified atom stereocenters. The van der Waals surface area contributed by atoms with Gasteiger partial charge in [0.25, 0.3) is 0 Å². The zero-order valence-electron chi connectivity index (χ0n) is 9.19. The third kappa shape index (κ3) is 1.69. The van der Waals surface area contributed by atoms with Crippen molar-refractivity contribution in [2.24, 2.45) is 0 Å². The summed E-state index contributed by atoms with van der Waals surface area (Å²) >= 11 is 0. The third-order valence-corrected chi connectivity index (χ3v) is 3.25. The maximum Gasteiger partial charge on any atom is 0.0346 e. The Morgan fingerprint density at radius 2 is 2.12 bits per heavy atom. The fourth-order valence-electron chi connectivity index (χ4n) is 2.41. The minimum absolute atomic E-state index is 0.507. The Kier molecular flexibility index (Phi) is 2.58. The number of aromatic nitrogens is 1. The highest BCUT2D eigenvalue weighted by atomic mass is 14.9. The largest absolute Gasteiger partial charge is 0.312 e. The molecule has 2 aromatic rings. The lowest BCUT2D eigenvalue weighted by Crippen LogP contribution is -2.23. The predicted molar refractivity (Wildman–Crippen MR) is 66.0 cm³/mol. The van der Waals surface area contributed by atoms with Gasteiger partial charge in [0.2, 0.25) is 0 Å². The third-order valence-electron chi connectivity index (χ3n) is 3.25. The molecule has 81 valence electrons. The van der Waals surface area contributed by atoms with E-state index in [1.165, 1.54) is 29.2 Å². The molecule has 2 heterocycles. The van der Waals surface area contributed by atoms with Gasteiger partial charge in [0, 0.05) is 30.2 Å². The van der Waals surface area contributed by atoms with Gasteiger partial charge in [-0.15, -0.1) is 0 Å². The molecule has 1 saturated heterocycles. The predicted octanol–water partition coefficient (Wildman–Crippen LogP) is 2.86. The fraction of sp³-hybridized carbons (Fsp3) is 0.286. The zero-order valence-corrected chi connectivity index (χ0v) is 9.19. The summed E-state index contributed by atoms with van der Waals surface area (Å²) in [5, 5.41) is 5.92. The number of hydrogen-bond acceptors (Lipinski definition) is 2. The molecule has 0 amide bonds. The maximum atomic E-state index is 4.34. The van der Waals surface area contributed by atoms with Crippen LogP contribution in [0.25, 0.3) is 10.8 Å². The Morgan fingerprint density at radius 1 is 1.19 bits per heavy atom. The summed E-state index contributed by atoms with van der Waals surface area (Å²) < 4.78 is 0. The molecule has 2 heteroatoms. The molecule has 0 bridgehead atoms. The first-order chi connectivity index (χ1) is 7.95. The van der Waals surface area contributed by atoms with Crippen LogP contribution in [0.15, 0.2) is 36.7 Å². The van der Waals surface area contributed by atoms with Crippen LogP contribution >= 0.6 is 0 Å². The molecule has 1 atom stereocenters. The Labute approximate surface area is 95.7 Å². The molecule has 16 heavy (non-hydrogen) atoms. The van der Waals surface area contributed by atoms with E-state index >= 15 is 0 Å². The molecule has 0 aliphatic carbocycles. The molecular weight excluding hydrogens is 196 g/mol. The van der Waals surface area contributed by atoms with E-state index in [0.717, 1.165) is 6.54 Å². The van der Waals surface area contributed by atoms with Crippen LogP contribution in [0.5, 0.6) is 0 Å². The average Bonchev–Trinajstić information content (AvgIpc) is 2.39. The molecule has 1 aromatic heterocycles. The number of benzene rings is 1. The Balaban J connectivity index is 2.08. The standard InChI is InChI=1S/C14H15N2/c1-2-6-13-11(4-1)9-16-10-14(13)12-5-3-7-15-8-12/h1-2,4,6,8-10,12,15H,3,5,7H2. The van der Waals surface area contributed by atoms with Crippen LogP contribution in [0.4, 0.5) is 0 Å². The van der Waals surface area contributed by atoms with E-state index in [4.69, 9.17) is 0 Å². The molecule has 1 aliphatic heterocycles. The minimum atomic E-state index is 0.507. The van der Waals surface area contributed by atoms with Crippen molar-refractivity contribution >= 4 is 10.8 Å². The SMILES string of the molecule is [CH]1NCCCC1c1cncc2ccccc12. The first-order valence-electron chi connectivity index (χ1n) is 5.84. The quantitative estimate of drug-likeness (QED) is 0.784. The van der Waals surface area contributed by atoms with Gasteiger partial charge in [-0.3, -0.25) is 4.98 Å². The lowest BCUT2D eigenvalue weighted by molar-refractivity contribution is 0.523. The van der Waals surface area contributed by atoms with Crippen LogP contribution in [0, 0.1) is 6.54 Å². The van der Waals surface area contributed by atoms with Gasteiger partial charge in [-0.25, -0.2) is 0 Å². The Bertz CT molecular complexity index is 482. The first-order valence-corrected chi connectivity index (χ1v) is 5.84. The summed E-state index contributed by atoms with van der Waals surface area (Å²) in [6.45, 7) is 3.32. The molecule has 1 radical (unpaired) electrons. The van der Waals surface area contributed by atoms with Gasteiger partial charge in [-0.1, -0.05) is 24.3 Å². The van der Waals surface area contributed by atoms with Crippen molar-refractivity contribution < 1.29 is 0 Å². The van der Waals surface area contributed by atoms with E-state index in [0.29, 0.717) is 5.92 Å². The molecule has 1 aliphatic rings. The van der Waals surface area contributed by atoms with Crippen molar-refractivity contribution in [3.63, 3.8) is 0 Å². The molecule has 0 saturated carbocycles. The Morgan fingerprint density at radius 3 is 3.00 bits per heavy atom. The maximum absolute atomic E-state index is 4.34. The smallest absolute Gasteiger partial charge is 0.0346 e. The summed E-state index contributed by atoms with van der Waals surface area (Å²) in [5.41, 5.74) is 1.35. The summed E-state index contributed by atoms with van der Waals surface area (Å²) in [4.78, 5) is 4.34. The average molecular weight is 211 g/mol. The van der Waals surface area contributed by atoms with Crippen LogP contribution in [0.2, 0.25) is 0 Å². The highest BCUT2D eigenvalue weighted by molar-refractivity contribution is 5.85. The van der Waals surface area contributed by atoms with Crippen molar-refractivity contribution in [1.82, 2.24) is 10.3 Å². The summed E-state index contributed by atoms with van der Waals surface area (Å²) in [6.07, 6.45) is 6.42.